The standard InChI is InChI=1S/C10H17N3O2/c1-3-15-6-4-5-9(14)12-10-8(2)7-11-13-10/h7H,3-6H2,1-2H3,(H2,11,12,13,14). The first-order valence-corrected chi connectivity index (χ1v) is 5.11. The van der Waals surface area contributed by atoms with Gasteiger partial charge in [-0.2, -0.15) is 5.10 Å². The maximum Gasteiger partial charge on any atom is 0.225 e. The molecule has 5 nitrogen and oxygen atoms in total. The molecule has 0 fully saturated rings. The number of aryl methyl sites for hydroxylation is 1. The van der Waals surface area contributed by atoms with E-state index < -0.39 is 0 Å². The molecular formula is C10H17N3O2. The minimum absolute atomic E-state index is 0.0120. The first kappa shape index (κ1) is 11.7. The number of aromatic amines is 1. The molecule has 0 saturated heterocycles. The van der Waals surface area contributed by atoms with Crippen LogP contribution in [0.3, 0.4) is 0 Å². The SMILES string of the molecule is CCOCCCC(=O)Nc1[nH]ncc1C. The molecule has 1 rings (SSSR count). The summed E-state index contributed by atoms with van der Waals surface area (Å²) in [6, 6.07) is 0. The van der Waals surface area contributed by atoms with Crippen molar-refractivity contribution in [1.82, 2.24) is 10.2 Å². The maximum absolute atomic E-state index is 11.4. The third-order valence-electron chi connectivity index (χ3n) is 1.99. The molecule has 0 aliphatic heterocycles. The zero-order chi connectivity index (χ0) is 11.1. The van der Waals surface area contributed by atoms with Crippen LogP contribution < -0.4 is 5.32 Å². The van der Waals surface area contributed by atoms with Gasteiger partial charge in [0.05, 0.1) is 6.20 Å². The van der Waals surface area contributed by atoms with E-state index >= 15 is 0 Å². The summed E-state index contributed by atoms with van der Waals surface area (Å²) in [5.74, 6) is 0.665. The van der Waals surface area contributed by atoms with Crippen LogP contribution in [0, 0.1) is 6.92 Å². The highest BCUT2D eigenvalue weighted by molar-refractivity contribution is 5.90. The number of aromatic nitrogens is 2. The van der Waals surface area contributed by atoms with Crippen LogP contribution in [0.1, 0.15) is 25.3 Å². The molecule has 0 unspecified atom stereocenters. The molecule has 1 heterocycles. The fraction of sp³-hybridized carbons (Fsp3) is 0.600. The summed E-state index contributed by atoms with van der Waals surface area (Å²) in [4.78, 5) is 11.4. The van der Waals surface area contributed by atoms with Crippen molar-refractivity contribution in [3.63, 3.8) is 0 Å². The van der Waals surface area contributed by atoms with Gasteiger partial charge in [0.15, 0.2) is 0 Å². The first-order chi connectivity index (χ1) is 7.24. The Morgan fingerprint density at radius 2 is 2.47 bits per heavy atom. The van der Waals surface area contributed by atoms with Crippen molar-refractivity contribution < 1.29 is 9.53 Å². The normalized spacial score (nSPS) is 10.3. The summed E-state index contributed by atoms with van der Waals surface area (Å²) in [7, 11) is 0. The average Bonchev–Trinajstić information content (AvgIpc) is 2.59. The minimum Gasteiger partial charge on any atom is -0.382 e. The Morgan fingerprint density at radius 1 is 1.67 bits per heavy atom. The van der Waals surface area contributed by atoms with Gasteiger partial charge in [0.25, 0.3) is 0 Å². The van der Waals surface area contributed by atoms with Gasteiger partial charge in [0.2, 0.25) is 5.91 Å². The van der Waals surface area contributed by atoms with Crippen LogP contribution in [0.4, 0.5) is 5.82 Å². The molecule has 0 atom stereocenters. The highest BCUT2D eigenvalue weighted by atomic mass is 16.5. The lowest BCUT2D eigenvalue weighted by atomic mass is 10.3. The number of anilines is 1. The van der Waals surface area contributed by atoms with Crippen molar-refractivity contribution in [2.45, 2.75) is 26.7 Å². The van der Waals surface area contributed by atoms with Crippen molar-refractivity contribution in [3.8, 4) is 0 Å². The highest BCUT2D eigenvalue weighted by Gasteiger charge is 2.05. The number of amides is 1. The zero-order valence-electron chi connectivity index (χ0n) is 9.17. The number of H-pyrrole nitrogens is 1. The second-order valence-corrected chi connectivity index (χ2v) is 3.28. The molecule has 1 amide bonds. The second-order valence-electron chi connectivity index (χ2n) is 3.28. The summed E-state index contributed by atoms with van der Waals surface area (Å²) in [6.45, 7) is 5.15. The number of ether oxygens (including phenoxy) is 1. The Balaban J connectivity index is 2.22. The van der Waals surface area contributed by atoms with Gasteiger partial charge in [0, 0.05) is 25.2 Å². The highest BCUT2D eigenvalue weighted by Crippen LogP contribution is 2.08. The van der Waals surface area contributed by atoms with Crippen molar-refractivity contribution in [3.05, 3.63) is 11.8 Å². The van der Waals surface area contributed by atoms with Crippen molar-refractivity contribution in [1.29, 1.82) is 0 Å². The van der Waals surface area contributed by atoms with Crippen LogP contribution in [-0.2, 0) is 9.53 Å². The molecule has 0 radical (unpaired) electrons. The molecule has 0 aliphatic rings. The number of carbonyl (C=O) groups excluding carboxylic acids is 1. The molecule has 0 aliphatic carbocycles. The molecule has 1 aromatic rings. The fourth-order valence-corrected chi connectivity index (χ4v) is 1.15. The van der Waals surface area contributed by atoms with Crippen LogP contribution in [0.25, 0.3) is 0 Å². The molecule has 1 aromatic heterocycles. The largest absolute Gasteiger partial charge is 0.382 e. The predicted molar refractivity (Wildman–Crippen MR) is 57.7 cm³/mol. The minimum atomic E-state index is -0.0120. The number of nitrogens with zero attached hydrogens (tertiary/aromatic N) is 1. The van der Waals surface area contributed by atoms with Crippen LogP contribution in [0.5, 0.6) is 0 Å². The Bertz CT molecular complexity index is 309. The number of hydrogen-bond acceptors (Lipinski definition) is 3. The van der Waals surface area contributed by atoms with Gasteiger partial charge in [-0.1, -0.05) is 0 Å². The number of hydrogen-bond donors (Lipinski definition) is 2. The third kappa shape index (κ3) is 4.12. The van der Waals surface area contributed by atoms with E-state index in [1.54, 1.807) is 6.20 Å². The summed E-state index contributed by atoms with van der Waals surface area (Å²) < 4.78 is 5.14. The third-order valence-corrected chi connectivity index (χ3v) is 1.99. The molecule has 15 heavy (non-hydrogen) atoms. The van der Waals surface area contributed by atoms with Crippen LogP contribution >= 0.6 is 0 Å². The Labute approximate surface area is 89.2 Å². The molecule has 0 aromatic carbocycles. The van der Waals surface area contributed by atoms with E-state index in [0.717, 1.165) is 12.0 Å². The van der Waals surface area contributed by atoms with Gasteiger partial charge < -0.3 is 10.1 Å². The Hall–Kier alpha value is -1.36. The number of rotatable bonds is 6. The molecule has 0 saturated carbocycles. The fourth-order valence-electron chi connectivity index (χ4n) is 1.15. The molecule has 0 bridgehead atoms. The molecule has 2 N–H and O–H groups in total. The summed E-state index contributed by atoms with van der Waals surface area (Å²) in [5, 5.41) is 9.30. The van der Waals surface area contributed by atoms with Crippen molar-refractivity contribution in [2.24, 2.45) is 0 Å². The van der Waals surface area contributed by atoms with Gasteiger partial charge in [0.1, 0.15) is 5.82 Å². The van der Waals surface area contributed by atoms with Crippen molar-refractivity contribution in [2.75, 3.05) is 18.5 Å². The van der Waals surface area contributed by atoms with Gasteiger partial charge >= 0.3 is 0 Å². The van der Waals surface area contributed by atoms with E-state index in [4.69, 9.17) is 4.74 Å². The van der Waals surface area contributed by atoms with Gasteiger partial charge in [-0.15, -0.1) is 0 Å². The maximum atomic E-state index is 11.4. The average molecular weight is 211 g/mol. The van der Waals surface area contributed by atoms with E-state index in [-0.39, 0.29) is 5.91 Å². The van der Waals surface area contributed by atoms with E-state index in [9.17, 15) is 4.79 Å². The van der Waals surface area contributed by atoms with Crippen LogP contribution in [-0.4, -0.2) is 29.3 Å². The molecule has 0 spiro atoms. The summed E-state index contributed by atoms with van der Waals surface area (Å²) in [6.07, 6.45) is 2.89. The lowest BCUT2D eigenvalue weighted by molar-refractivity contribution is -0.116. The summed E-state index contributed by atoms with van der Waals surface area (Å²) >= 11 is 0. The van der Waals surface area contributed by atoms with Gasteiger partial charge in [-0.3, -0.25) is 9.89 Å². The van der Waals surface area contributed by atoms with E-state index in [0.29, 0.717) is 25.5 Å². The lowest BCUT2D eigenvalue weighted by Gasteiger charge is -2.03. The zero-order valence-corrected chi connectivity index (χ0v) is 9.17. The van der Waals surface area contributed by atoms with E-state index in [2.05, 4.69) is 15.5 Å². The molecular weight excluding hydrogens is 194 g/mol. The van der Waals surface area contributed by atoms with E-state index in [1.807, 2.05) is 13.8 Å². The quantitative estimate of drug-likeness (QED) is 0.700. The lowest BCUT2D eigenvalue weighted by Crippen LogP contribution is -2.13. The van der Waals surface area contributed by atoms with E-state index in [1.165, 1.54) is 0 Å². The molecule has 84 valence electrons. The smallest absolute Gasteiger partial charge is 0.225 e. The monoisotopic (exact) mass is 211 g/mol. The topological polar surface area (TPSA) is 67.0 Å². The second kappa shape index (κ2) is 6.19. The van der Waals surface area contributed by atoms with Crippen LogP contribution in [0.15, 0.2) is 6.20 Å². The van der Waals surface area contributed by atoms with Crippen molar-refractivity contribution >= 4 is 11.7 Å². The predicted octanol–water partition coefficient (Wildman–Crippen LogP) is 1.47. The number of carbonyl (C=O) groups is 1. The number of nitrogens with one attached hydrogen (secondary N) is 2. The molecule has 5 heteroatoms. The van der Waals surface area contributed by atoms with Gasteiger partial charge in [-0.05, 0) is 20.3 Å². The first-order valence-electron chi connectivity index (χ1n) is 5.11. The van der Waals surface area contributed by atoms with Gasteiger partial charge in [-0.25, -0.2) is 0 Å². The Kier molecular flexibility index (Phi) is 4.83. The summed E-state index contributed by atoms with van der Waals surface area (Å²) in [5.41, 5.74) is 0.938. The van der Waals surface area contributed by atoms with Crippen LogP contribution in [0.2, 0.25) is 0 Å². The Morgan fingerprint density at radius 3 is 3.07 bits per heavy atom.